The molecule has 1 aliphatic heterocycles. The molecule has 0 aromatic carbocycles. The van der Waals surface area contributed by atoms with Crippen molar-refractivity contribution in [1.29, 1.82) is 0 Å². The molecule has 0 unspecified atom stereocenters. The largest absolute Gasteiger partial charge is 1.00 e. The number of hydrogen-bond acceptors (Lipinski definition) is 3. The Morgan fingerprint density at radius 3 is 1.91 bits per heavy atom. The van der Waals surface area contributed by atoms with Crippen LogP contribution in [0.2, 0.25) is 0 Å². The van der Waals surface area contributed by atoms with Crippen LogP contribution >= 0.6 is 28.4 Å². The Hall–Kier alpha value is -0.850. The maximum atomic E-state index is 6.18. The van der Waals surface area contributed by atoms with Crippen molar-refractivity contribution in [3.63, 3.8) is 0 Å². The molecule has 0 fully saturated rings. The first-order valence-electron chi connectivity index (χ1n) is 5.71. The average molecular weight is 403 g/mol. The predicted molar refractivity (Wildman–Crippen MR) is 77.9 cm³/mol. The Morgan fingerprint density at radius 2 is 1.45 bits per heavy atom. The summed E-state index contributed by atoms with van der Waals surface area (Å²) in [5.74, 6) is -1.95. The van der Waals surface area contributed by atoms with Gasteiger partial charge in [0.2, 0.25) is 0 Å². The number of hydrogen-bond donors (Lipinski definition) is 0. The van der Waals surface area contributed by atoms with Gasteiger partial charge >= 0.3 is 11.9 Å². The molecule has 0 saturated heterocycles. The Morgan fingerprint density at radius 1 is 0.955 bits per heavy atom. The number of imidazole rings is 2. The zero-order valence-electron chi connectivity index (χ0n) is 11.6. The summed E-state index contributed by atoms with van der Waals surface area (Å²) in [7, 11) is 3.81. The summed E-state index contributed by atoms with van der Waals surface area (Å²) in [5.41, 5.74) is 0. The molecule has 3 rings (SSSR count). The van der Waals surface area contributed by atoms with E-state index in [9.17, 15) is 0 Å². The predicted octanol–water partition coefficient (Wildman–Crippen LogP) is -4.51. The SMILES string of the molecule is C[n+]1ccn(C2=NC(n3cc[n+](C)c3)=NP(Cl)(Cl)=N2)c1.[Cl-].[Cl-]. The van der Waals surface area contributed by atoms with E-state index in [1.54, 1.807) is 9.13 Å². The second-order valence-corrected chi connectivity index (χ2v) is 9.00. The molecule has 0 saturated carbocycles. The molecular weight excluding hydrogens is 391 g/mol. The van der Waals surface area contributed by atoms with Crippen LogP contribution in [0.25, 0.3) is 0 Å². The number of halogens is 4. The minimum atomic E-state index is -2.79. The molecule has 2 aromatic rings. The molecule has 0 atom stereocenters. The van der Waals surface area contributed by atoms with E-state index >= 15 is 0 Å². The number of aryl methyl sites for hydroxylation is 2. The highest BCUT2D eigenvalue weighted by Crippen LogP contribution is 2.62. The van der Waals surface area contributed by atoms with Crippen LogP contribution in [0.4, 0.5) is 0 Å². The number of aliphatic imine (C=N–C) groups is 1. The topological polar surface area (TPSA) is 54.7 Å². The number of rotatable bonds is 0. The van der Waals surface area contributed by atoms with Crippen molar-refractivity contribution < 1.29 is 33.9 Å². The van der Waals surface area contributed by atoms with E-state index in [4.69, 9.17) is 22.5 Å². The first kappa shape index (κ1) is 19.2. The third-order valence-corrected chi connectivity index (χ3v) is 4.37. The molecule has 12 heteroatoms. The molecule has 0 amide bonds. The van der Waals surface area contributed by atoms with Crippen LogP contribution in [0, 0.1) is 0 Å². The Balaban J connectivity index is 0.00000121. The van der Waals surface area contributed by atoms with Gasteiger partial charge in [-0.1, -0.05) is 0 Å². The normalized spacial score (nSPS) is 15.8. The van der Waals surface area contributed by atoms with Crippen molar-refractivity contribution in [2.24, 2.45) is 28.6 Å². The molecular formula is C10H12Cl4N7P. The summed E-state index contributed by atoms with van der Waals surface area (Å²) in [5, 5.41) is 0. The Kier molecular flexibility index (Phi) is 6.24. The Labute approximate surface area is 149 Å². The zero-order chi connectivity index (χ0) is 14.3. The minimum Gasteiger partial charge on any atom is -1.00 e. The minimum absolute atomic E-state index is 0. The van der Waals surface area contributed by atoms with Crippen molar-refractivity contribution in [3.8, 4) is 0 Å². The second kappa shape index (κ2) is 7.15. The standard InChI is InChI=1S/C10H12Cl2N7P.2ClH/c1-16-3-5-18(7-16)9-13-10(15-20(11,12)14-9)19-6-4-17(2)8-19;;/h3-8H,1-2H3;2*1H/q+2;;/p-2. The number of nitrogens with zero attached hydrogens (tertiary/aromatic N) is 7. The summed E-state index contributed by atoms with van der Waals surface area (Å²) in [6, 6.07) is 0. The lowest BCUT2D eigenvalue weighted by molar-refractivity contribution is -0.670. The van der Waals surface area contributed by atoms with E-state index in [-0.39, 0.29) is 24.8 Å². The van der Waals surface area contributed by atoms with Gasteiger partial charge in [-0.3, -0.25) is 0 Å². The molecule has 0 aliphatic carbocycles. The molecule has 7 nitrogen and oxygen atoms in total. The first-order valence-corrected chi connectivity index (χ1v) is 9.21. The highest BCUT2D eigenvalue weighted by molar-refractivity contribution is 8.09. The van der Waals surface area contributed by atoms with Crippen molar-refractivity contribution in [2.45, 2.75) is 0 Å². The van der Waals surface area contributed by atoms with Gasteiger partial charge in [0.05, 0.1) is 14.1 Å². The van der Waals surface area contributed by atoms with E-state index in [0.717, 1.165) is 0 Å². The van der Waals surface area contributed by atoms with E-state index in [2.05, 4.69) is 14.5 Å². The van der Waals surface area contributed by atoms with Gasteiger partial charge in [-0.15, -0.1) is 4.99 Å². The van der Waals surface area contributed by atoms with Crippen LogP contribution in [-0.2, 0) is 14.1 Å². The van der Waals surface area contributed by atoms with Crippen LogP contribution < -0.4 is 33.9 Å². The average Bonchev–Trinajstić information content (AvgIpc) is 2.96. The van der Waals surface area contributed by atoms with Crippen LogP contribution in [0.3, 0.4) is 0 Å². The molecule has 1 aliphatic rings. The maximum absolute atomic E-state index is 6.18. The van der Waals surface area contributed by atoms with Crippen LogP contribution in [0.5, 0.6) is 0 Å². The highest BCUT2D eigenvalue weighted by atomic mass is 35.9. The van der Waals surface area contributed by atoms with E-state index in [0.29, 0.717) is 11.9 Å². The lowest BCUT2D eigenvalue weighted by Gasteiger charge is -2.08. The van der Waals surface area contributed by atoms with Crippen molar-refractivity contribution in [2.75, 3.05) is 0 Å². The van der Waals surface area contributed by atoms with E-state index in [1.807, 2.05) is 60.7 Å². The summed E-state index contributed by atoms with van der Waals surface area (Å²) >= 11 is 12.4. The van der Waals surface area contributed by atoms with Gasteiger partial charge in [-0.2, -0.15) is 18.6 Å². The first-order chi connectivity index (χ1) is 9.43. The van der Waals surface area contributed by atoms with Gasteiger partial charge in [0.25, 0.3) is 18.6 Å². The third-order valence-electron chi connectivity index (χ3n) is 2.62. The fourth-order valence-corrected chi connectivity index (χ4v) is 3.31. The van der Waals surface area contributed by atoms with Crippen LogP contribution in [0.15, 0.2) is 51.9 Å². The zero-order valence-corrected chi connectivity index (χ0v) is 15.5. The van der Waals surface area contributed by atoms with Crippen LogP contribution in [0.1, 0.15) is 0 Å². The van der Waals surface area contributed by atoms with Crippen molar-refractivity contribution >= 4 is 40.3 Å². The maximum Gasteiger partial charge on any atom is 0.333 e. The molecule has 0 radical (unpaired) electrons. The lowest BCUT2D eigenvalue weighted by Crippen LogP contribution is -3.00. The summed E-state index contributed by atoms with van der Waals surface area (Å²) in [4.78, 5) is 4.40. The smallest absolute Gasteiger partial charge is 0.333 e. The van der Waals surface area contributed by atoms with Gasteiger partial charge in [-0.25, -0.2) is 9.13 Å². The third kappa shape index (κ3) is 4.12. The summed E-state index contributed by atoms with van der Waals surface area (Å²) in [6.07, 6.45) is 11.1. The van der Waals surface area contributed by atoms with Gasteiger partial charge in [0.1, 0.15) is 24.8 Å². The molecule has 0 spiro atoms. The van der Waals surface area contributed by atoms with Crippen molar-refractivity contribution in [3.05, 3.63) is 37.4 Å². The van der Waals surface area contributed by atoms with Crippen molar-refractivity contribution in [1.82, 2.24) is 9.13 Å². The molecule has 2 aromatic heterocycles. The molecule has 3 heterocycles. The van der Waals surface area contributed by atoms with Gasteiger partial charge < -0.3 is 24.8 Å². The molecule has 0 N–H and O–H groups in total. The summed E-state index contributed by atoms with van der Waals surface area (Å²) in [6.45, 7) is 0. The van der Waals surface area contributed by atoms with E-state index < -0.39 is 5.91 Å². The highest BCUT2D eigenvalue weighted by Gasteiger charge is 2.26. The molecule has 120 valence electrons. The molecule has 22 heavy (non-hydrogen) atoms. The summed E-state index contributed by atoms with van der Waals surface area (Å²) < 4.78 is 15.7. The van der Waals surface area contributed by atoms with Gasteiger partial charge in [0.15, 0.2) is 0 Å². The number of aromatic nitrogens is 4. The fourth-order valence-electron chi connectivity index (χ4n) is 1.73. The van der Waals surface area contributed by atoms with E-state index in [1.165, 1.54) is 0 Å². The Bertz CT molecular complexity index is 744. The van der Waals surface area contributed by atoms with Crippen LogP contribution in [-0.4, -0.2) is 21.1 Å². The second-order valence-electron chi connectivity index (χ2n) is 4.34. The monoisotopic (exact) mass is 401 g/mol. The lowest BCUT2D eigenvalue weighted by atomic mass is 10.8. The van der Waals surface area contributed by atoms with Gasteiger partial charge in [0, 0.05) is 0 Å². The quantitative estimate of drug-likeness (QED) is 0.315. The fraction of sp³-hybridized carbons (Fsp3) is 0.200. The molecule has 0 bridgehead atoms. The van der Waals surface area contributed by atoms with Gasteiger partial charge in [-0.05, 0) is 22.5 Å².